The predicted octanol–water partition coefficient (Wildman–Crippen LogP) is 1.67. The van der Waals surface area contributed by atoms with Gasteiger partial charge in [-0.25, -0.2) is 10.2 Å². The monoisotopic (exact) mass is 260 g/mol. The first-order valence-corrected chi connectivity index (χ1v) is 6.64. The molecule has 1 aromatic rings. The molecule has 1 saturated heterocycles. The molecule has 0 unspecified atom stereocenters. The molecule has 3 N–H and O–H groups in total. The summed E-state index contributed by atoms with van der Waals surface area (Å²) in [5.41, 5.74) is 9.36. The van der Waals surface area contributed by atoms with Crippen LogP contribution < -0.4 is 11.2 Å². The molecule has 0 saturated carbocycles. The number of piperidine rings is 1. The summed E-state index contributed by atoms with van der Waals surface area (Å²) in [6, 6.07) is 7.51. The number of carbonyl (C=O) groups excluding carboxylic acids is 1. The van der Waals surface area contributed by atoms with Gasteiger partial charge in [0.25, 0.3) is 0 Å². The second-order valence-corrected chi connectivity index (χ2v) is 4.82. The number of nitrogens with zero attached hydrogens (tertiary/aromatic N) is 2. The number of nitrogens with two attached hydrogens (primary N) is 1. The van der Waals surface area contributed by atoms with Gasteiger partial charge in [-0.1, -0.05) is 24.6 Å². The number of hydrazone groups is 1. The summed E-state index contributed by atoms with van der Waals surface area (Å²) < 4.78 is 0. The van der Waals surface area contributed by atoms with Crippen LogP contribution in [0.2, 0.25) is 0 Å². The first kappa shape index (κ1) is 13.5. The molecular formula is C14H20N4O. The SMILES string of the molecule is NC(=O)NN=Cc1cccc(CN2CCCCC2)c1. The standard InChI is InChI=1S/C14H20N4O/c15-14(19)17-16-10-12-5-4-6-13(9-12)11-18-7-2-1-3-8-18/h4-6,9-10H,1-3,7-8,11H2,(H3,15,17,19). The van der Waals surface area contributed by atoms with Gasteiger partial charge in [0.05, 0.1) is 6.21 Å². The minimum Gasteiger partial charge on any atom is -0.350 e. The average Bonchev–Trinajstić information content (AvgIpc) is 2.40. The summed E-state index contributed by atoms with van der Waals surface area (Å²) in [6.07, 6.45) is 5.54. The maximum absolute atomic E-state index is 10.5. The van der Waals surface area contributed by atoms with Crippen molar-refractivity contribution in [1.82, 2.24) is 10.3 Å². The number of primary amides is 1. The van der Waals surface area contributed by atoms with E-state index in [1.54, 1.807) is 6.21 Å². The molecule has 0 aliphatic carbocycles. The molecule has 19 heavy (non-hydrogen) atoms. The zero-order chi connectivity index (χ0) is 13.5. The van der Waals surface area contributed by atoms with Crippen LogP contribution in [0.5, 0.6) is 0 Å². The fraction of sp³-hybridized carbons (Fsp3) is 0.429. The smallest absolute Gasteiger partial charge is 0.332 e. The fourth-order valence-corrected chi connectivity index (χ4v) is 2.32. The van der Waals surface area contributed by atoms with Gasteiger partial charge in [-0.2, -0.15) is 5.10 Å². The lowest BCUT2D eigenvalue weighted by molar-refractivity contribution is 0.221. The molecule has 1 heterocycles. The van der Waals surface area contributed by atoms with Crippen molar-refractivity contribution in [2.24, 2.45) is 10.8 Å². The van der Waals surface area contributed by atoms with Crippen molar-refractivity contribution in [1.29, 1.82) is 0 Å². The van der Waals surface area contributed by atoms with E-state index in [1.165, 1.54) is 37.9 Å². The van der Waals surface area contributed by atoms with E-state index in [-0.39, 0.29) is 0 Å². The van der Waals surface area contributed by atoms with Crippen molar-refractivity contribution in [2.75, 3.05) is 13.1 Å². The number of hydrogen-bond acceptors (Lipinski definition) is 3. The van der Waals surface area contributed by atoms with Crippen LogP contribution in [0.1, 0.15) is 30.4 Å². The molecule has 5 heteroatoms. The fourth-order valence-electron chi connectivity index (χ4n) is 2.32. The van der Waals surface area contributed by atoms with Gasteiger partial charge in [-0.05, 0) is 43.1 Å². The molecule has 102 valence electrons. The van der Waals surface area contributed by atoms with Crippen molar-refractivity contribution in [3.8, 4) is 0 Å². The summed E-state index contributed by atoms with van der Waals surface area (Å²) in [4.78, 5) is 13.0. The lowest BCUT2D eigenvalue weighted by atomic mass is 10.1. The Morgan fingerprint density at radius 2 is 2.16 bits per heavy atom. The van der Waals surface area contributed by atoms with Gasteiger partial charge in [0, 0.05) is 6.54 Å². The van der Waals surface area contributed by atoms with Crippen LogP contribution in [0.25, 0.3) is 0 Å². The normalized spacial score (nSPS) is 16.6. The van der Waals surface area contributed by atoms with Gasteiger partial charge in [0.1, 0.15) is 0 Å². The Kier molecular flexibility index (Phi) is 4.92. The third-order valence-electron chi connectivity index (χ3n) is 3.19. The van der Waals surface area contributed by atoms with Crippen molar-refractivity contribution in [3.63, 3.8) is 0 Å². The van der Waals surface area contributed by atoms with Crippen LogP contribution in [0.15, 0.2) is 29.4 Å². The van der Waals surface area contributed by atoms with Gasteiger partial charge in [0.15, 0.2) is 0 Å². The summed E-state index contributed by atoms with van der Waals surface area (Å²) in [5.74, 6) is 0. The first-order valence-electron chi connectivity index (χ1n) is 6.64. The van der Waals surface area contributed by atoms with Crippen LogP contribution in [-0.4, -0.2) is 30.2 Å². The first-order chi connectivity index (χ1) is 9.24. The number of carbonyl (C=O) groups is 1. The van der Waals surface area contributed by atoms with E-state index in [1.807, 2.05) is 12.1 Å². The molecule has 0 spiro atoms. The van der Waals surface area contributed by atoms with Crippen molar-refractivity contribution >= 4 is 12.2 Å². The largest absolute Gasteiger partial charge is 0.350 e. The lowest BCUT2D eigenvalue weighted by Gasteiger charge is -2.26. The maximum atomic E-state index is 10.5. The van der Waals surface area contributed by atoms with Crippen molar-refractivity contribution in [2.45, 2.75) is 25.8 Å². The molecule has 5 nitrogen and oxygen atoms in total. The quantitative estimate of drug-likeness (QED) is 0.638. The number of rotatable bonds is 4. The van der Waals surface area contributed by atoms with Gasteiger partial charge in [-0.3, -0.25) is 4.90 Å². The summed E-state index contributed by atoms with van der Waals surface area (Å²) in [5, 5.41) is 3.77. The Hall–Kier alpha value is -1.88. The highest BCUT2D eigenvalue weighted by atomic mass is 16.2. The van der Waals surface area contributed by atoms with Crippen molar-refractivity contribution in [3.05, 3.63) is 35.4 Å². The number of hydrogen-bond donors (Lipinski definition) is 2. The van der Waals surface area contributed by atoms with E-state index in [4.69, 9.17) is 5.73 Å². The highest BCUT2D eigenvalue weighted by Crippen LogP contribution is 2.13. The Balaban J connectivity index is 1.94. The van der Waals surface area contributed by atoms with Gasteiger partial charge in [-0.15, -0.1) is 0 Å². The Morgan fingerprint density at radius 3 is 2.89 bits per heavy atom. The second kappa shape index (κ2) is 6.89. The van der Waals surface area contributed by atoms with Crippen molar-refractivity contribution < 1.29 is 4.79 Å². The summed E-state index contributed by atoms with van der Waals surface area (Å²) >= 11 is 0. The van der Waals surface area contributed by atoms with E-state index in [0.717, 1.165) is 12.1 Å². The number of likely N-dealkylation sites (tertiary alicyclic amines) is 1. The lowest BCUT2D eigenvalue weighted by Crippen LogP contribution is -2.29. The number of amides is 2. The van der Waals surface area contributed by atoms with Crippen LogP contribution in [0, 0.1) is 0 Å². The third-order valence-corrected chi connectivity index (χ3v) is 3.19. The number of nitrogens with one attached hydrogen (secondary N) is 1. The molecule has 0 aromatic heterocycles. The van der Waals surface area contributed by atoms with Gasteiger partial charge >= 0.3 is 6.03 Å². The molecular weight excluding hydrogens is 240 g/mol. The Labute approximate surface area is 113 Å². The number of urea groups is 1. The topological polar surface area (TPSA) is 70.7 Å². The molecule has 1 aliphatic heterocycles. The maximum Gasteiger partial charge on any atom is 0.332 e. The molecule has 0 radical (unpaired) electrons. The molecule has 1 aliphatic rings. The van der Waals surface area contributed by atoms with Crippen LogP contribution in [0.3, 0.4) is 0 Å². The van der Waals surface area contributed by atoms with E-state index < -0.39 is 6.03 Å². The van der Waals surface area contributed by atoms with E-state index in [9.17, 15) is 4.79 Å². The average molecular weight is 260 g/mol. The highest BCUT2D eigenvalue weighted by molar-refractivity contribution is 5.81. The van der Waals surface area contributed by atoms with Gasteiger partial charge < -0.3 is 5.73 Å². The number of benzene rings is 1. The molecule has 2 rings (SSSR count). The minimum absolute atomic E-state index is 0.652. The minimum atomic E-state index is -0.652. The molecule has 2 amide bonds. The molecule has 1 fully saturated rings. The van der Waals surface area contributed by atoms with Crippen LogP contribution in [0.4, 0.5) is 4.79 Å². The molecule has 0 atom stereocenters. The summed E-state index contributed by atoms with van der Waals surface area (Å²) in [7, 11) is 0. The highest BCUT2D eigenvalue weighted by Gasteiger charge is 2.10. The van der Waals surface area contributed by atoms with E-state index >= 15 is 0 Å². The molecule has 0 bridgehead atoms. The predicted molar refractivity (Wildman–Crippen MR) is 75.9 cm³/mol. The van der Waals surface area contributed by atoms with E-state index in [2.05, 4.69) is 27.6 Å². The van der Waals surface area contributed by atoms with Crippen LogP contribution >= 0.6 is 0 Å². The van der Waals surface area contributed by atoms with Crippen LogP contribution in [-0.2, 0) is 6.54 Å². The zero-order valence-corrected chi connectivity index (χ0v) is 11.0. The second-order valence-electron chi connectivity index (χ2n) is 4.82. The Bertz CT molecular complexity index is 453. The molecule has 1 aromatic carbocycles. The van der Waals surface area contributed by atoms with Gasteiger partial charge in [0.2, 0.25) is 0 Å². The Morgan fingerprint density at radius 1 is 1.37 bits per heavy atom. The van der Waals surface area contributed by atoms with E-state index in [0.29, 0.717) is 0 Å². The summed E-state index contributed by atoms with van der Waals surface area (Å²) in [6.45, 7) is 3.34. The third kappa shape index (κ3) is 4.71. The zero-order valence-electron chi connectivity index (χ0n) is 11.0.